The van der Waals surface area contributed by atoms with E-state index in [2.05, 4.69) is 19.2 Å². The third kappa shape index (κ3) is 5.38. The van der Waals surface area contributed by atoms with Gasteiger partial charge >= 0.3 is 0 Å². The maximum absolute atomic E-state index is 13.7. The summed E-state index contributed by atoms with van der Waals surface area (Å²) in [4.78, 5) is 28.5. The number of amides is 2. The number of carbonyl (C=O) groups is 2. The zero-order valence-electron chi connectivity index (χ0n) is 18.7. The molecule has 166 valence electrons. The van der Waals surface area contributed by atoms with E-state index < -0.39 is 6.04 Å². The van der Waals surface area contributed by atoms with Gasteiger partial charge in [0.1, 0.15) is 11.9 Å². The highest BCUT2D eigenvalue weighted by Gasteiger charge is 2.38. The minimum absolute atomic E-state index is 0.0613. The minimum Gasteiger partial charge on any atom is -0.351 e. The van der Waals surface area contributed by atoms with E-state index in [9.17, 15) is 9.59 Å². The lowest BCUT2D eigenvalue weighted by Crippen LogP contribution is -2.53. The fourth-order valence-electron chi connectivity index (χ4n) is 5.22. The Morgan fingerprint density at radius 3 is 2.33 bits per heavy atom. The van der Waals surface area contributed by atoms with Gasteiger partial charge in [0.15, 0.2) is 0 Å². The summed E-state index contributed by atoms with van der Waals surface area (Å²) in [7, 11) is 0. The van der Waals surface area contributed by atoms with Gasteiger partial charge in [-0.05, 0) is 43.6 Å². The second-order valence-corrected chi connectivity index (χ2v) is 9.69. The molecule has 4 atom stereocenters. The number of hydrogen-bond donors (Lipinski definition) is 1. The summed E-state index contributed by atoms with van der Waals surface area (Å²) < 4.78 is 0. The van der Waals surface area contributed by atoms with E-state index in [0.717, 1.165) is 49.7 Å². The van der Waals surface area contributed by atoms with Crippen LogP contribution in [-0.2, 0) is 9.59 Å². The highest BCUT2D eigenvalue weighted by atomic mass is 35.5. The SMILES string of the molecule is Cc1ccc([C@H](C(=O)N[C@@H]2CCC[C@H](C)[C@H]2C)N(C(=O)CCl)C2CCCCC2)cc1. The Kier molecular flexibility index (Phi) is 8.21. The largest absolute Gasteiger partial charge is 0.351 e. The van der Waals surface area contributed by atoms with Crippen LogP contribution in [0.2, 0.25) is 0 Å². The van der Waals surface area contributed by atoms with E-state index in [0.29, 0.717) is 11.8 Å². The van der Waals surface area contributed by atoms with E-state index in [1.165, 1.54) is 12.8 Å². The van der Waals surface area contributed by atoms with Crippen LogP contribution in [0.5, 0.6) is 0 Å². The fraction of sp³-hybridized carbons (Fsp3) is 0.680. The lowest BCUT2D eigenvalue weighted by molar-refractivity contribution is -0.143. The van der Waals surface area contributed by atoms with Crippen molar-refractivity contribution in [3.8, 4) is 0 Å². The first-order valence-electron chi connectivity index (χ1n) is 11.7. The number of nitrogens with zero attached hydrogens (tertiary/aromatic N) is 1. The first-order valence-corrected chi connectivity index (χ1v) is 12.2. The Hall–Kier alpha value is -1.55. The number of aryl methyl sites for hydroxylation is 1. The molecule has 0 saturated heterocycles. The standard InChI is InChI=1S/C25H37ClN2O2/c1-17-12-14-20(15-13-17)24(25(30)27-22-11-7-8-18(2)19(22)3)28(23(29)16-26)21-9-5-4-6-10-21/h12-15,18-19,21-22,24H,4-11,16H2,1-3H3,(H,27,30)/t18-,19+,22+,24+/m0/s1. The number of carbonyl (C=O) groups excluding carboxylic acids is 2. The summed E-state index contributed by atoms with van der Waals surface area (Å²) in [5.41, 5.74) is 2.01. The average molecular weight is 433 g/mol. The zero-order chi connectivity index (χ0) is 21.7. The van der Waals surface area contributed by atoms with Crippen molar-refractivity contribution < 1.29 is 9.59 Å². The monoisotopic (exact) mass is 432 g/mol. The predicted octanol–water partition coefficient (Wildman–Crippen LogP) is 5.38. The van der Waals surface area contributed by atoms with Crippen LogP contribution in [0.25, 0.3) is 0 Å². The van der Waals surface area contributed by atoms with Crippen molar-refractivity contribution in [1.29, 1.82) is 0 Å². The minimum atomic E-state index is -0.621. The van der Waals surface area contributed by atoms with E-state index in [4.69, 9.17) is 11.6 Å². The Labute approximate surface area is 186 Å². The Morgan fingerprint density at radius 1 is 1.03 bits per heavy atom. The topological polar surface area (TPSA) is 49.4 Å². The van der Waals surface area contributed by atoms with Gasteiger partial charge in [-0.1, -0.05) is 75.8 Å². The van der Waals surface area contributed by atoms with Crippen LogP contribution >= 0.6 is 11.6 Å². The second kappa shape index (κ2) is 10.7. The van der Waals surface area contributed by atoms with E-state index in [1.54, 1.807) is 0 Å². The molecule has 2 fully saturated rings. The maximum atomic E-state index is 13.7. The number of benzene rings is 1. The Morgan fingerprint density at radius 2 is 1.70 bits per heavy atom. The molecule has 1 N–H and O–H groups in total. The van der Waals surface area contributed by atoms with Gasteiger partial charge in [-0.2, -0.15) is 0 Å². The number of rotatable bonds is 6. The van der Waals surface area contributed by atoms with E-state index >= 15 is 0 Å². The molecule has 0 spiro atoms. The molecule has 1 aromatic carbocycles. The van der Waals surface area contributed by atoms with Gasteiger partial charge in [0, 0.05) is 12.1 Å². The molecule has 0 heterocycles. The second-order valence-electron chi connectivity index (χ2n) is 9.42. The molecule has 2 saturated carbocycles. The first kappa shape index (κ1) is 23.1. The highest BCUT2D eigenvalue weighted by molar-refractivity contribution is 6.27. The summed E-state index contributed by atoms with van der Waals surface area (Å²) in [6.45, 7) is 6.54. The van der Waals surface area contributed by atoms with Crippen molar-refractivity contribution in [1.82, 2.24) is 10.2 Å². The number of halogens is 1. The summed E-state index contributed by atoms with van der Waals surface area (Å²) >= 11 is 6.04. The molecule has 3 rings (SSSR count). The van der Waals surface area contributed by atoms with Gasteiger partial charge in [-0.3, -0.25) is 9.59 Å². The van der Waals surface area contributed by atoms with Gasteiger partial charge < -0.3 is 10.2 Å². The maximum Gasteiger partial charge on any atom is 0.247 e. The Balaban J connectivity index is 1.92. The lowest BCUT2D eigenvalue weighted by Gasteiger charge is -2.41. The molecule has 1 aromatic rings. The van der Waals surface area contributed by atoms with Crippen molar-refractivity contribution in [2.45, 2.75) is 90.3 Å². The van der Waals surface area contributed by atoms with Crippen LogP contribution in [-0.4, -0.2) is 34.7 Å². The smallest absolute Gasteiger partial charge is 0.247 e. The molecule has 4 nitrogen and oxygen atoms in total. The third-order valence-corrected chi connectivity index (χ3v) is 7.55. The molecule has 30 heavy (non-hydrogen) atoms. The molecule has 5 heteroatoms. The summed E-state index contributed by atoms with van der Waals surface area (Å²) in [6, 6.07) is 7.63. The van der Waals surface area contributed by atoms with Crippen molar-refractivity contribution in [2.75, 3.05) is 5.88 Å². The van der Waals surface area contributed by atoms with Crippen molar-refractivity contribution in [3.05, 3.63) is 35.4 Å². The van der Waals surface area contributed by atoms with Crippen LogP contribution in [0.15, 0.2) is 24.3 Å². The normalized spacial score (nSPS) is 26.1. The van der Waals surface area contributed by atoms with Crippen molar-refractivity contribution >= 4 is 23.4 Å². The Bertz CT molecular complexity index is 714. The predicted molar refractivity (Wildman–Crippen MR) is 122 cm³/mol. The summed E-state index contributed by atoms with van der Waals surface area (Å²) in [5.74, 6) is 0.737. The van der Waals surface area contributed by atoms with Gasteiger partial charge in [-0.25, -0.2) is 0 Å². The van der Waals surface area contributed by atoms with Crippen LogP contribution in [0, 0.1) is 18.8 Å². The first-order chi connectivity index (χ1) is 14.4. The third-order valence-electron chi connectivity index (χ3n) is 7.32. The van der Waals surface area contributed by atoms with Crippen LogP contribution < -0.4 is 5.32 Å². The van der Waals surface area contributed by atoms with E-state index in [-0.39, 0.29) is 29.8 Å². The summed E-state index contributed by atoms with van der Waals surface area (Å²) in [5, 5.41) is 3.33. The molecule has 0 bridgehead atoms. The lowest BCUT2D eigenvalue weighted by atomic mass is 9.78. The average Bonchev–Trinajstić information content (AvgIpc) is 2.76. The molecule has 2 aliphatic rings. The number of hydrogen-bond acceptors (Lipinski definition) is 2. The van der Waals surface area contributed by atoms with Crippen LogP contribution in [0.4, 0.5) is 0 Å². The zero-order valence-corrected chi connectivity index (χ0v) is 19.5. The van der Waals surface area contributed by atoms with Crippen molar-refractivity contribution in [3.63, 3.8) is 0 Å². The van der Waals surface area contributed by atoms with Gasteiger partial charge in [0.25, 0.3) is 0 Å². The number of nitrogens with one attached hydrogen (secondary N) is 1. The fourth-order valence-corrected chi connectivity index (χ4v) is 5.36. The molecule has 2 amide bonds. The quantitative estimate of drug-likeness (QED) is 0.613. The molecule has 0 aliphatic heterocycles. The van der Waals surface area contributed by atoms with E-state index in [1.807, 2.05) is 36.1 Å². The molecular weight excluding hydrogens is 396 g/mol. The molecule has 0 unspecified atom stereocenters. The van der Waals surface area contributed by atoms with Crippen LogP contribution in [0.3, 0.4) is 0 Å². The molecule has 0 radical (unpaired) electrons. The molecular formula is C25H37ClN2O2. The highest BCUT2D eigenvalue weighted by Crippen LogP contribution is 2.33. The van der Waals surface area contributed by atoms with Crippen LogP contribution in [0.1, 0.15) is 82.4 Å². The van der Waals surface area contributed by atoms with Gasteiger partial charge in [0.2, 0.25) is 11.8 Å². The van der Waals surface area contributed by atoms with Crippen molar-refractivity contribution in [2.24, 2.45) is 11.8 Å². The van der Waals surface area contributed by atoms with Gasteiger partial charge in [-0.15, -0.1) is 11.6 Å². The number of alkyl halides is 1. The molecule has 2 aliphatic carbocycles. The summed E-state index contributed by atoms with van der Waals surface area (Å²) in [6.07, 6.45) is 8.62. The van der Waals surface area contributed by atoms with Gasteiger partial charge in [0.05, 0.1) is 0 Å². The molecule has 0 aromatic heterocycles.